The predicted octanol–water partition coefficient (Wildman–Crippen LogP) is 4.42. The second-order valence-corrected chi connectivity index (χ2v) is 5.34. The lowest BCUT2D eigenvalue weighted by atomic mass is 9.83. The Morgan fingerprint density at radius 1 is 1.05 bits per heavy atom. The van der Waals surface area contributed by atoms with Gasteiger partial charge in [0.1, 0.15) is 5.82 Å². The summed E-state index contributed by atoms with van der Waals surface area (Å²) in [6, 6.07) is 7.19. The van der Waals surface area contributed by atoms with Crippen molar-refractivity contribution in [3.8, 4) is 0 Å². The molecule has 1 N–H and O–H groups in total. The molecule has 0 fully saturated rings. The minimum Gasteiger partial charge on any atom is -0.316 e. The fourth-order valence-electron chi connectivity index (χ4n) is 2.77. The van der Waals surface area contributed by atoms with Crippen molar-refractivity contribution in [3.05, 3.63) is 35.6 Å². The minimum atomic E-state index is -0.0612. The molecule has 0 aliphatic rings. The van der Waals surface area contributed by atoms with Gasteiger partial charge in [-0.15, -0.1) is 0 Å². The van der Waals surface area contributed by atoms with E-state index in [-0.39, 0.29) is 5.82 Å². The molecule has 2 heteroatoms. The van der Waals surface area contributed by atoms with Gasteiger partial charge >= 0.3 is 0 Å². The van der Waals surface area contributed by atoms with Crippen LogP contribution in [0.15, 0.2) is 24.3 Å². The summed E-state index contributed by atoms with van der Waals surface area (Å²) in [5.74, 6) is 1.14. The number of hydrogen-bond donors (Lipinski definition) is 1. The van der Waals surface area contributed by atoms with Crippen LogP contribution in [-0.2, 0) is 6.42 Å². The summed E-state index contributed by atoms with van der Waals surface area (Å²) in [6.45, 7) is 8.70. The Balaban J connectivity index is 2.70. The van der Waals surface area contributed by atoms with Crippen LogP contribution >= 0.6 is 0 Å². The predicted molar refractivity (Wildman–Crippen MR) is 80.8 cm³/mol. The lowest BCUT2D eigenvalue weighted by Gasteiger charge is -2.26. The molecule has 1 aromatic rings. The highest BCUT2D eigenvalue weighted by Gasteiger charge is 2.19. The van der Waals surface area contributed by atoms with Crippen molar-refractivity contribution in [2.24, 2.45) is 11.8 Å². The lowest BCUT2D eigenvalue weighted by Crippen LogP contribution is -2.30. The molecule has 0 aliphatic carbocycles. The highest BCUT2D eigenvalue weighted by atomic mass is 19.1. The van der Waals surface area contributed by atoms with E-state index in [0.29, 0.717) is 11.8 Å². The SMILES string of the molecule is CCCNCC(Cc1ccccc1F)C(CC)CC. The molecule has 1 nitrogen and oxygen atoms in total. The molecular weight excluding hydrogens is 237 g/mol. The highest BCUT2D eigenvalue weighted by Crippen LogP contribution is 2.24. The maximum Gasteiger partial charge on any atom is 0.126 e. The van der Waals surface area contributed by atoms with Gasteiger partial charge in [0.2, 0.25) is 0 Å². The topological polar surface area (TPSA) is 12.0 Å². The number of hydrogen-bond acceptors (Lipinski definition) is 1. The number of nitrogens with one attached hydrogen (secondary N) is 1. The van der Waals surface area contributed by atoms with E-state index in [0.717, 1.165) is 31.5 Å². The monoisotopic (exact) mass is 265 g/mol. The average molecular weight is 265 g/mol. The molecule has 0 radical (unpaired) electrons. The van der Waals surface area contributed by atoms with E-state index in [2.05, 4.69) is 26.1 Å². The molecule has 1 rings (SSSR count). The molecule has 0 aliphatic heterocycles. The van der Waals surface area contributed by atoms with Gasteiger partial charge in [-0.05, 0) is 49.4 Å². The van der Waals surface area contributed by atoms with Crippen LogP contribution in [0.1, 0.15) is 45.6 Å². The first-order chi connectivity index (χ1) is 9.22. The van der Waals surface area contributed by atoms with Crippen molar-refractivity contribution >= 4 is 0 Å². The Bertz CT molecular complexity index is 347. The van der Waals surface area contributed by atoms with Gasteiger partial charge in [0, 0.05) is 0 Å². The van der Waals surface area contributed by atoms with Crippen molar-refractivity contribution < 1.29 is 4.39 Å². The number of rotatable bonds is 9. The van der Waals surface area contributed by atoms with Gasteiger partial charge in [-0.1, -0.05) is 51.8 Å². The van der Waals surface area contributed by atoms with Gasteiger partial charge < -0.3 is 5.32 Å². The van der Waals surface area contributed by atoms with Crippen LogP contribution in [0, 0.1) is 17.7 Å². The molecule has 0 spiro atoms. The quantitative estimate of drug-likeness (QED) is 0.652. The zero-order valence-electron chi connectivity index (χ0n) is 12.6. The first kappa shape index (κ1) is 16.2. The molecule has 0 saturated carbocycles. The maximum atomic E-state index is 13.8. The molecule has 19 heavy (non-hydrogen) atoms. The minimum absolute atomic E-state index is 0.0612. The van der Waals surface area contributed by atoms with Crippen LogP contribution in [0.3, 0.4) is 0 Å². The smallest absolute Gasteiger partial charge is 0.126 e. The van der Waals surface area contributed by atoms with E-state index in [4.69, 9.17) is 0 Å². The van der Waals surface area contributed by atoms with Gasteiger partial charge in [-0.25, -0.2) is 4.39 Å². The number of benzene rings is 1. The molecule has 0 saturated heterocycles. The normalized spacial score (nSPS) is 12.9. The van der Waals surface area contributed by atoms with E-state index < -0.39 is 0 Å². The first-order valence-electron chi connectivity index (χ1n) is 7.66. The Kier molecular flexibility index (Phi) is 7.73. The molecule has 1 atom stereocenters. The van der Waals surface area contributed by atoms with E-state index in [1.54, 1.807) is 12.1 Å². The molecule has 1 unspecified atom stereocenters. The standard InChI is InChI=1S/C17H28FN/c1-4-11-19-13-16(14(5-2)6-3)12-15-9-7-8-10-17(15)18/h7-10,14,16,19H,4-6,11-13H2,1-3H3. The zero-order valence-corrected chi connectivity index (χ0v) is 12.6. The summed E-state index contributed by atoms with van der Waals surface area (Å²) >= 11 is 0. The van der Waals surface area contributed by atoms with Gasteiger partial charge in [0.15, 0.2) is 0 Å². The Morgan fingerprint density at radius 3 is 2.32 bits per heavy atom. The molecule has 0 amide bonds. The second-order valence-electron chi connectivity index (χ2n) is 5.34. The average Bonchev–Trinajstić information content (AvgIpc) is 2.42. The van der Waals surface area contributed by atoms with Crippen LogP contribution in [0.5, 0.6) is 0 Å². The lowest BCUT2D eigenvalue weighted by molar-refractivity contribution is 0.296. The van der Waals surface area contributed by atoms with Crippen molar-refractivity contribution in [1.82, 2.24) is 5.32 Å². The van der Waals surface area contributed by atoms with Crippen LogP contribution < -0.4 is 5.32 Å². The van der Waals surface area contributed by atoms with E-state index >= 15 is 0 Å². The van der Waals surface area contributed by atoms with E-state index in [1.807, 2.05) is 12.1 Å². The summed E-state index contributed by atoms with van der Waals surface area (Å²) < 4.78 is 13.8. The maximum absolute atomic E-state index is 13.8. The summed E-state index contributed by atoms with van der Waals surface area (Å²) in [5.41, 5.74) is 0.859. The third-order valence-corrected chi connectivity index (χ3v) is 3.99. The van der Waals surface area contributed by atoms with Crippen LogP contribution in [0.25, 0.3) is 0 Å². The Morgan fingerprint density at radius 2 is 1.74 bits per heavy atom. The van der Waals surface area contributed by atoms with Gasteiger partial charge in [-0.2, -0.15) is 0 Å². The molecule has 0 aromatic heterocycles. The first-order valence-corrected chi connectivity index (χ1v) is 7.66. The molecular formula is C17H28FN. The Hall–Kier alpha value is -0.890. The second kappa shape index (κ2) is 9.08. The third-order valence-electron chi connectivity index (χ3n) is 3.99. The Labute approximate surface area is 117 Å². The number of halogens is 1. The van der Waals surface area contributed by atoms with Crippen LogP contribution in [0.4, 0.5) is 4.39 Å². The molecule has 0 heterocycles. The fourth-order valence-corrected chi connectivity index (χ4v) is 2.77. The summed E-state index contributed by atoms with van der Waals surface area (Å²) in [7, 11) is 0. The largest absolute Gasteiger partial charge is 0.316 e. The fraction of sp³-hybridized carbons (Fsp3) is 0.647. The van der Waals surface area contributed by atoms with Gasteiger partial charge in [-0.3, -0.25) is 0 Å². The summed E-state index contributed by atoms with van der Waals surface area (Å²) in [4.78, 5) is 0. The van der Waals surface area contributed by atoms with Gasteiger partial charge in [0.25, 0.3) is 0 Å². The summed E-state index contributed by atoms with van der Waals surface area (Å²) in [6.07, 6.45) is 4.33. The van der Waals surface area contributed by atoms with Crippen molar-refractivity contribution in [3.63, 3.8) is 0 Å². The van der Waals surface area contributed by atoms with Crippen molar-refractivity contribution in [2.45, 2.75) is 46.5 Å². The highest BCUT2D eigenvalue weighted by molar-refractivity contribution is 5.18. The summed E-state index contributed by atoms with van der Waals surface area (Å²) in [5, 5.41) is 3.50. The van der Waals surface area contributed by atoms with Crippen LogP contribution in [0.2, 0.25) is 0 Å². The molecule has 1 aromatic carbocycles. The third kappa shape index (κ3) is 5.32. The molecule has 108 valence electrons. The molecule has 0 bridgehead atoms. The van der Waals surface area contributed by atoms with Crippen molar-refractivity contribution in [2.75, 3.05) is 13.1 Å². The van der Waals surface area contributed by atoms with E-state index in [9.17, 15) is 4.39 Å². The van der Waals surface area contributed by atoms with Gasteiger partial charge in [0.05, 0.1) is 0 Å². The van der Waals surface area contributed by atoms with Crippen LogP contribution in [-0.4, -0.2) is 13.1 Å². The van der Waals surface area contributed by atoms with E-state index in [1.165, 1.54) is 12.8 Å². The zero-order chi connectivity index (χ0) is 14.1. The van der Waals surface area contributed by atoms with Crippen molar-refractivity contribution in [1.29, 1.82) is 0 Å².